The molecule has 1 saturated carbocycles. The number of hydrogen-bond acceptors (Lipinski definition) is 4. The molecule has 2 atom stereocenters. The Bertz CT molecular complexity index is 932. The van der Waals surface area contributed by atoms with Gasteiger partial charge >= 0.3 is 6.03 Å². The van der Waals surface area contributed by atoms with Gasteiger partial charge in [0, 0.05) is 52.0 Å². The molecule has 2 amide bonds. The van der Waals surface area contributed by atoms with Gasteiger partial charge in [0.2, 0.25) is 0 Å². The van der Waals surface area contributed by atoms with E-state index in [-0.39, 0.29) is 16.7 Å². The van der Waals surface area contributed by atoms with E-state index in [4.69, 9.17) is 0 Å². The smallest absolute Gasteiger partial charge is 0.321 e. The van der Waals surface area contributed by atoms with Gasteiger partial charge in [-0.05, 0) is 64.2 Å². The maximum atomic E-state index is 12.9. The summed E-state index contributed by atoms with van der Waals surface area (Å²) >= 11 is 0. The SMILES string of the molecule is CC(C)(C)[S@@](=O)Cc1cccc(NC(=O)N2CCC[C@@H](c3nncn3C3CC3)C2)c1. The first-order chi connectivity index (χ1) is 14.3. The summed E-state index contributed by atoms with van der Waals surface area (Å²) in [6, 6.07) is 8.12. The molecule has 162 valence electrons. The minimum Gasteiger partial charge on any atom is -0.324 e. The average Bonchev–Trinajstić information content (AvgIpc) is 3.44. The first-order valence-corrected chi connectivity index (χ1v) is 12.1. The summed E-state index contributed by atoms with van der Waals surface area (Å²) in [6.45, 7) is 7.33. The maximum absolute atomic E-state index is 12.9. The Morgan fingerprint density at radius 2 is 2.07 bits per heavy atom. The standard InChI is InChI=1S/C22H31N5O2S/c1-22(2,3)30(29)14-16-6-4-8-18(12-16)24-21(28)26-11-5-7-17(13-26)20-25-23-15-27(20)19-9-10-19/h4,6,8,12,15,17,19H,5,7,9-11,13-14H2,1-3H3,(H,24,28)/t17-,30+/m1/s1. The number of carbonyl (C=O) groups is 1. The van der Waals surface area contributed by atoms with Crippen molar-refractivity contribution in [1.29, 1.82) is 0 Å². The zero-order chi connectivity index (χ0) is 21.3. The molecule has 1 N–H and O–H groups in total. The number of amides is 2. The average molecular weight is 430 g/mol. The minimum absolute atomic E-state index is 0.0914. The fourth-order valence-electron chi connectivity index (χ4n) is 3.86. The Balaban J connectivity index is 1.39. The number of carbonyl (C=O) groups excluding carboxylic acids is 1. The number of likely N-dealkylation sites (tertiary alicyclic amines) is 1. The van der Waals surface area contributed by atoms with E-state index in [0.717, 1.165) is 36.5 Å². The molecule has 2 aliphatic rings. The van der Waals surface area contributed by atoms with Crippen LogP contribution in [0.25, 0.3) is 0 Å². The third-order valence-electron chi connectivity index (χ3n) is 5.77. The van der Waals surface area contributed by atoms with Gasteiger partial charge in [0.15, 0.2) is 0 Å². The molecule has 2 heterocycles. The molecule has 1 aromatic carbocycles. The lowest BCUT2D eigenvalue weighted by Crippen LogP contribution is -2.42. The van der Waals surface area contributed by atoms with Crippen LogP contribution in [0.4, 0.5) is 10.5 Å². The molecule has 8 heteroatoms. The molecule has 0 bridgehead atoms. The van der Waals surface area contributed by atoms with E-state index in [9.17, 15) is 9.00 Å². The molecular weight excluding hydrogens is 398 g/mol. The number of aromatic nitrogens is 3. The minimum atomic E-state index is -0.975. The molecule has 0 spiro atoms. The lowest BCUT2D eigenvalue weighted by molar-refractivity contribution is 0.190. The van der Waals surface area contributed by atoms with Crippen molar-refractivity contribution in [1.82, 2.24) is 19.7 Å². The Morgan fingerprint density at radius 3 is 2.80 bits per heavy atom. The zero-order valence-electron chi connectivity index (χ0n) is 18.0. The summed E-state index contributed by atoms with van der Waals surface area (Å²) in [4.78, 5) is 14.8. The molecule has 2 fully saturated rings. The molecule has 2 aromatic rings. The Labute approximate surface area is 180 Å². The van der Waals surface area contributed by atoms with Gasteiger partial charge in [-0.3, -0.25) is 4.21 Å². The third kappa shape index (κ3) is 4.91. The second kappa shape index (κ2) is 8.49. The van der Waals surface area contributed by atoms with Crippen LogP contribution in [0, 0.1) is 0 Å². The number of benzene rings is 1. The van der Waals surface area contributed by atoms with Gasteiger partial charge in [-0.15, -0.1) is 10.2 Å². The molecule has 0 radical (unpaired) electrons. The third-order valence-corrected chi connectivity index (χ3v) is 7.74. The van der Waals surface area contributed by atoms with E-state index in [1.165, 1.54) is 12.8 Å². The molecule has 1 aliphatic heterocycles. The summed E-state index contributed by atoms with van der Waals surface area (Å²) in [5.41, 5.74) is 1.71. The molecule has 1 aromatic heterocycles. The highest BCUT2D eigenvalue weighted by molar-refractivity contribution is 7.85. The van der Waals surface area contributed by atoms with Crippen molar-refractivity contribution in [2.75, 3.05) is 18.4 Å². The lowest BCUT2D eigenvalue weighted by Gasteiger charge is -2.32. The quantitative estimate of drug-likeness (QED) is 0.777. The van der Waals surface area contributed by atoms with Gasteiger partial charge in [0.1, 0.15) is 12.2 Å². The highest BCUT2D eigenvalue weighted by Crippen LogP contribution is 2.38. The number of rotatable bonds is 5. The van der Waals surface area contributed by atoms with Crippen molar-refractivity contribution in [3.8, 4) is 0 Å². The van der Waals surface area contributed by atoms with Crippen molar-refractivity contribution in [2.24, 2.45) is 0 Å². The van der Waals surface area contributed by atoms with Crippen LogP contribution >= 0.6 is 0 Å². The molecular formula is C22H31N5O2S. The van der Waals surface area contributed by atoms with E-state index in [2.05, 4.69) is 20.1 Å². The molecule has 1 aliphatic carbocycles. The first kappa shape index (κ1) is 21.0. The first-order valence-electron chi connectivity index (χ1n) is 10.7. The predicted octanol–water partition coefficient (Wildman–Crippen LogP) is 4.07. The van der Waals surface area contributed by atoms with Crippen molar-refractivity contribution in [3.63, 3.8) is 0 Å². The highest BCUT2D eigenvalue weighted by Gasteiger charge is 2.32. The van der Waals surface area contributed by atoms with E-state index < -0.39 is 10.8 Å². The molecule has 4 rings (SSSR count). The number of anilines is 1. The van der Waals surface area contributed by atoms with Gasteiger partial charge < -0.3 is 14.8 Å². The van der Waals surface area contributed by atoms with Crippen LogP contribution in [0.5, 0.6) is 0 Å². The molecule has 0 unspecified atom stereocenters. The number of urea groups is 1. The largest absolute Gasteiger partial charge is 0.324 e. The second-order valence-electron chi connectivity index (χ2n) is 9.35. The number of nitrogens with one attached hydrogen (secondary N) is 1. The highest BCUT2D eigenvalue weighted by atomic mass is 32.2. The maximum Gasteiger partial charge on any atom is 0.321 e. The van der Waals surface area contributed by atoms with Crippen LogP contribution in [-0.2, 0) is 16.6 Å². The van der Waals surface area contributed by atoms with Gasteiger partial charge in [0.05, 0.1) is 0 Å². The van der Waals surface area contributed by atoms with E-state index in [0.29, 0.717) is 18.3 Å². The lowest BCUT2D eigenvalue weighted by atomic mass is 9.97. The summed E-state index contributed by atoms with van der Waals surface area (Å²) in [5.74, 6) is 1.73. The van der Waals surface area contributed by atoms with Crippen LogP contribution in [0.15, 0.2) is 30.6 Å². The van der Waals surface area contributed by atoms with Gasteiger partial charge in [0.25, 0.3) is 0 Å². The van der Waals surface area contributed by atoms with Crippen molar-refractivity contribution < 1.29 is 9.00 Å². The van der Waals surface area contributed by atoms with Crippen molar-refractivity contribution in [3.05, 3.63) is 42.0 Å². The Kier molecular flexibility index (Phi) is 5.95. The van der Waals surface area contributed by atoms with Gasteiger partial charge in [-0.25, -0.2) is 4.79 Å². The van der Waals surface area contributed by atoms with Gasteiger partial charge in [-0.2, -0.15) is 0 Å². The summed E-state index contributed by atoms with van der Waals surface area (Å²) in [5, 5.41) is 11.5. The Morgan fingerprint density at radius 1 is 1.27 bits per heavy atom. The van der Waals surface area contributed by atoms with E-state index >= 15 is 0 Å². The second-order valence-corrected chi connectivity index (χ2v) is 11.5. The van der Waals surface area contributed by atoms with E-state index in [1.807, 2.05) is 56.3 Å². The summed E-state index contributed by atoms with van der Waals surface area (Å²) in [6.07, 6.45) is 6.21. The van der Waals surface area contributed by atoms with Crippen LogP contribution in [0.3, 0.4) is 0 Å². The number of piperidine rings is 1. The molecule has 7 nitrogen and oxygen atoms in total. The van der Waals surface area contributed by atoms with Crippen LogP contribution in [0.1, 0.15) is 69.8 Å². The van der Waals surface area contributed by atoms with Crippen molar-refractivity contribution in [2.45, 2.75) is 68.9 Å². The monoisotopic (exact) mass is 429 g/mol. The summed E-state index contributed by atoms with van der Waals surface area (Å²) < 4.78 is 14.4. The molecule has 30 heavy (non-hydrogen) atoms. The van der Waals surface area contributed by atoms with Crippen LogP contribution < -0.4 is 5.32 Å². The summed E-state index contributed by atoms with van der Waals surface area (Å²) in [7, 11) is -0.975. The molecule has 1 saturated heterocycles. The van der Waals surface area contributed by atoms with Crippen molar-refractivity contribution >= 4 is 22.5 Å². The fourth-order valence-corrected chi connectivity index (χ4v) is 4.77. The van der Waals surface area contributed by atoms with E-state index in [1.54, 1.807) is 0 Å². The predicted molar refractivity (Wildman–Crippen MR) is 119 cm³/mol. The zero-order valence-corrected chi connectivity index (χ0v) is 18.8. The van der Waals surface area contributed by atoms with Crippen LogP contribution in [0.2, 0.25) is 0 Å². The number of hydrogen-bond donors (Lipinski definition) is 1. The number of nitrogens with zero attached hydrogens (tertiary/aromatic N) is 4. The Hall–Kier alpha value is -2.22. The normalized spacial score (nSPS) is 20.8. The van der Waals surface area contributed by atoms with Crippen LogP contribution in [-0.4, -0.2) is 47.7 Å². The topological polar surface area (TPSA) is 80.1 Å². The fraction of sp³-hybridized carbons (Fsp3) is 0.591. The van der Waals surface area contributed by atoms with Gasteiger partial charge in [-0.1, -0.05) is 12.1 Å².